The van der Waals surface area contributed by atoms with Gasteiger partial charge in [0.1, 0.15) is 6.04 Å². The van der Waals surface area contributed by atoms with Crippen LogP contribution in [-0.2, 0) is 4.79 Å². The number of aliphatic imine (C=N–C) groups is 1. The number of nitrogens with one attached hydrogen (secondary N) is 1. The van der Waals surface area contributed by atoms with Crippen LogP contribution in [0.2, 0.25) is 0 Å². The van der Waals surface area contributed by atoms with Gasteiger partial charge in [-0.3, -0.25) is 14.8 Å². The number of amides is 1. The van der Waals surface area contributed by atoms with E-state index in [0.29, 0.717) is 18.5 Å². The Balaban J connectivity index is 0.00000232. The Labute approximate surface area is 136 Å². The lowest BCUT2D eigenvalue weighted by molar-refractivity contribution is -0.139. The minimum Gasteiger partial charge on any atom is -0.480 e. The zero-order valence-electron chi connectivity index (χ0n) is 13.7. The van der Waals surface area contributed by atoms with Gasteiger partial charge in [0.15, 0.2) is 5.96 Å². The van der Waals surface area contributed by atoms with Crippen LogP contribution in [0.4, 0.5) is 0 Å². The smallest absolute Gasteiger partial charge is 0.326 e. The molecular weight excluding hydrogens is 298 g/mol. The molecule has 1 amide bonds. The highest BCUT2D eigenvalue weighted by atomic mass is 16.4. The molecule has 0 fully saturated rings. The summed E-state index contributed by atoms with van der Waals surface area (Å²) in [5, 5.41) is 11.6. The minimum atomic E-state index is -1.10. The van der Waals surface area contributed by atoms with Crippen LogP contribution in [0.15, 0.2) is 23.5 Å². The summed E-state index contributed by atoms with van der Waals surface area (Å²) in [6, 6.07) is 0.646. The molecule has 23 heavy (non-hydrogen) atoms. The van der Waals surface area contributed by atoms with E-state index in [2.05, 4.69) is 15.3 Å². The van der Waals surface area contributed by atoms with E-state index in [1.807, 2.05) is 13.8 Å². The van der Waals surface area contributed by atoms with E-state index in [1.165, 1.54) is 6.20 Å². The number of aryl methyl sites for hydroxylation is 1. The molecule has 1 aromatic rings. The SMILES string of the molecule is CC.Cc1cncc(C(=O)NC(CCCN=C(N)N)C(=O)O)c1. The van der Waals surface area contributed by atoms with Gasteiger partial charge in [0.25, 0.3) is 5.91 Å². The first-order chi connectivity index (χ1) is 10.9. The Morgan fingerprint density at radius 3 is 2.52 bits per heavy atom. The van der Waals surface area contributed by atoms with Gasteiger partial charge in [-0.05, 0) is 31.4 Å². The van der Waals surface area contributed by atoms with Gasteiger partial charge in [0.05, 0.1) is 5.56 Å². The molecule has 0 saturated carbocycles. The highest BCUT2D eigenvalue weighted by molar-refractivity contribution is 5.96. The summed E-state index contributed by atoms with van der Waals surface area (Å²) in [7, 11) is 0. The van der Waals surface area contributed by atoms with Gasteiger partial charge in [-0.15, -0.1) is 0 Å². The Bertz CT molecular complexity index is 542. The number of nitrogens with zero attached hydrogens (tertiary/aromatic N) is 2. The van der Waals surface area contributed by atoms with E-state index in [9.17, 15) is 9.59 Å². The molecule has 1 atom stereocenters. The van der Waals surface area contributed by atoms with E-state index >= 15 is 0 Å². The maximum atomic E-state index is 12.0. The number of rotatable bonds is 7. The summed E-state index contributed by atoms with van der Waals surface area (Å²) in [4.78, 5) is 30.8. The predicted octanol–water partition coefficient (Wildman–Crippen LogP) is 0.653. The fourth-order valence-electron chi connectivity index (χ4n) is 1.68. The third kappa shape index (κ3) is 8.40. The molecule has 0 saturated heterocycles. The number of aromatic nitrogens is 1. The quantitative estimate of drug-likeness (QED) is 0.329. The summed E-state index contributed by atoms with van der Waals surface area (Å²) in [6.07, 6.45) is 3.68. The second-order valence-corrected chi connectivity index (χ2v) is 4.56. The summed E-state index contributed by atoms with van der Waals surface area (Å²) in [6.45, 7) is 6.11. The van der Waals surface area contributed by atoms with Gasteiger partial charge < -0.3 is 21.9 Å². The first-order valence-electron chi connectivity index (χ1n) is 7.41. The van der Waals surface area contributed by atoms with Gasteiger partial charge in [-0.25, -0.2) is 4.79 Å². The van der Waals surface area contributed by atoms with E-state index in [0.717, 1.165) is 5.56 Å². The molecule has 0 bridgehead atoms. The lowest BCUT2D eigenvalue weighted by atomic mass is 10.1. The fraction of sp³-hybridized carbons (Fsp3) is 0.467. The van der Waals surface area contributed by atoms with E-state index in [-0.39, 0.29) is 12.4 Å². The largest absolute Gasteiger partial charge is 0.480 e. The van der Waals surface area contributed by atoms with Crippen LogP contribution < -0.4 is 16.8 Å². The molecule has 0 aliphatic carbocycles. The van der Waals surface area contributed by atoms with Crippen molar-refractivity contribution in [3.8, 4) is 0 Å². The van der Waals surface area contributed by atoms with Crippen molar-refractivity contribution in [2.45, 2.75) is 39.7 Å². The van der Waals surface area contributed by atoms with Crippen LogP contribution >= 0.6 is 0 Å². The Kier molecular flexibility index (Phi) is 9.74. The van der Waals surface area contributed by atoms with Gasteiger partial charge in [-0.1, -0.05) is 13.8 Å². The molecule has 6 N–H and O–H groups in total. The first-order valence-corrected chi connectivity index (χ1v) is 7.41. The highest BCUT2D eigenvalue weighted by Gasteiger charge is 2.20. The summed E-state index contributed by atoms with van der Waals surface area (Å²) < 4.78 is 0. The van der Waals surface area contributed by atoms with Gasteiger partial charge in [-0.2, -0.15) is 0 Å². The number of carbonyl (C=O) groups excluding carboxylic acids is 1. The van der Waals surface area contributed by atoms with Crippen molar-refractivity contribution >= 4 is 17.8 Å². The molecular formula is C15H25N5O3. The van der Waals surface area contributed by atoms with E-state index in [4.69, 9.17) is 16.6 Å². The van der Waals surface area contributed by atoms with Crippen molar-refractivity contribution in [2.75, 3.05) is 6.54 Å². The van der Waals surface area contributed by atoms with Crippen LogP contribution in [-0.4, -0.2) is 40.5 Å². The molecule has 0 aromatic carbocycles. The zero-order chi connectivity index (χ0) is 17.8. The van der Waals surface area contributed by atoms with Gasteiger partial charge in [0, 0.05) is 18.9 Å². The molecule has 1 heterocycles. The number of carboxylic acids is 1. The third-order valence-electron chi connectivity index (χ3n) is 2.69. The Hall–Kier alpha value is -2.64. The zero-order valence-corrected chi connectivity index (χ0v) is 13.7. The second-order valence-electron chi connectivity index (χ2n) is 4.56. The number of carboxylic acid groups (broad SMARTS) is 1. The molecule has 1 rings (SSSR count). The lowest BCUT2D eigenvalue weighted by Crippen LogP contribution is -2.41. The van der Waals surface area contributed by atoms with Crippen LogP contribution in [0.25, 0.3) is 0 Å². The number of nitrogens with two attached hydrogens (primary N) is 2. The maximum Gasteiger partial charge on any atom is 0.326 e. The maximum absolute atomic E-state index is 12.0. The van der Waals surface area contributed by atoms with Gasteiger partial charge >= 0.3 is 5.97 Å². The Morgan fingerprint density at radius 1 is 1.35 bits per heavy atom. The normalized spacial score (nSPS) is 10.7. The highest BCUT2D eigenvalue weighted by Crippen LogP contribution is 2.04. The van der Waals surface area contributed by atoms with Crippen LogP contribution in [0.5, 0.6) is 0 Å². The second kappa shape index (κ2) is 11.0. The number of aliphatic carboxylic acids is 1. The molecule has 8 nitrogen and oxygen atoms in total. The van der Waals surface area contributed by atoms with Crippen LogP contribution in [0.3, 0.4) is 0 Å². The molecule has 1 unspecified atom stereocenters. The van der Waals surface area contributed by atoms with Crippen molar-refractivity contribution in [3.05, 3.63) is 29.6 Å². The number of hydrogen-bond donors (Lipinski definition) is 4. The minimum absolute atomic E-state index is 0.0447. The van der Waals surface area contributed by atoms with Crippen LogP contribution in [0, 0.1) is 6.92 Å². The standard InChI is InChI=1S/C13H19N5O3.C2H6/c1-8-5-9(7-16-6-8)11(19)18-10(12(20)21)3-2-4-17-13(14)15;1-2/h5-7,10H,2-4H2,1H3,(H,18,19)(H,20,21)(H4,14,15,17);1-2H3. The van der Waals surface area contributed by atoms with Crippen molar-refractivity contribution in [1.82, 2.24) is 10.3 Å². The number of pyridine rings is 1. The molecule has 8 heteroatoms. The predicted molar refractivity (Wildman–Crippen MR) is 89.1 cm³/mol. The Morgan fingerprint density at radius 2 is 2.00 bits per heavy atom. The molecule has 128 valence electrons. The van der Waals surface area contributed by atoms with E-state index < -0.39 is 17.9 Å². The summed E-state index contributed by atoms with van der Waals surface area (Å²) in [5.74, 6) is -1.62. The van der Waals surface area contributed by atoms with Gasteiger partial charge in [0.2, 0.25) is 0 Å². The average Bonchev–Trinajstić information content (AvgIpc) is 2.51. The topological polar surface area (TPSA) is 144 Å². The monoisotopic (exact) mass is 323 g/mol. The van der Waals surface area contributed by atoms with Crippen LogP contribution in [0.1, 0.15) is 42.6 Å². The molecule has 0 radical (unpaired) electrons. The number of guanidine groups is 1. The lowest BCUT2D eigenvalue weighted by Gasteiger charge is -2.14. The third-order valence-corrected chi connectivity index (χ3v) is 2.69. The summed E-state index contributed by atoms with van der Waals surface area (Å²) in [5.41, 5.74) is 11.5. The number of carbonyl (C=O) groups is 2. The van der Waals surface area contributed by atoms with E-state index in [1.54, 1.807) is 19.2 Å². The molecule has 1 aromatic heterocycles. The number of hydrogen-bond acceptors (Lipinski definition) is 4. The molecule has 0 aliphatic rings. The first kappa shape index (κ1) is 20.4. The van der Waals surface area contributed by atoms with Crippen molar-refractivity contribution < 1.29 is 14.7 Å². The molecule has 0 aliphatic heterocycles. The average molecular weight is 323 g/mol. The summed E-state index contributed by atoms with van der Waals surface area (Å²) >= 11 is 0. The van der Waals surface area contributed by atoms with Crippen molar-refractivity contribution in [2.24, 2.45) is 16.5 Å². The van der Waals surface area contributed by atoms with Crippen molar-refractivity contribution in [3.63, 3.8) is 0 Å². The van der Waals surface area contributed by atoms with Crippen molar-refractivity contribution in [1.29, 1.82) is 0 Å². The molecule has 0 spiro atoms. The fourth-order valence-corrected chi connectivity index (χ4v) is 1.68.